The van der Waals surface area contributed by atoms with Crippen LogP contribution in [0.1, 0.15) is 25.7 Å². The summed E-state index contributed by atoms with van der Waals surface area (Å²) in [7, 11) is 0. The van der Waals surface area contributed by atoms with E-state index in [1.807, 2.05) is 0 Å². The number of aromatic nitrogens is 3. The van der Waals surface area contributed by atoms with Crippen LogP contribution < -0.4 is 16.0 Å². The number of nitrogens with zero attached hydrogens (tertiary/aromatic N) is 4. The van der Waals surface area contributed by atoms with Crippen LogP contribution in [0, 0.1) is 22.7 Å². The number of pyridine rings is 1. The Morgan fingerprint density at radius 3 is 2.91 bits per heavy atom. The van der Waals surface area contributed by atoms with Gasteiger partial charge in [-0.2, -0.15) is 5.26 Å². The van der Waals surface area contributed by atoms with Crippen LogP contribution in [0.2, 0.25) is 5.02 Å². The van der Waals surface area contributed by atoms with Gasteiger partial charge in [0, 0.05) is 38.1 Å². The summed E-state index contributed by atoms with van der Waals surface area (Å²) in [5.74, 6) is 0.841. The van der Waals surface area contributed by atoms with E-state index in [2.05, 4.69) is 37.0 Å². The third-order valence-electron chi connectivity index (χ3n) is 5.98. The number of nitrogens with one attached hydrogen (secondary N) is 3. The van der Waals surface area contributed by atoms with Crippen molar-refractivity contribution in [3.63, 3.8) is 0 Å². The molecule has 0 aromatic carbocycles. The Morgan fingerprint density at radius 1 is 1.31 bits per heavy atom. The molecule has 2 aromatic rings. The van der Waals surface area contributed by atoms with Crippen LogP contribution >= 0.6 is 11.6 Å². The minimum absolute atomic E-state index is 0.0577. The predicted octanol–water partition coefficient (Wildman–Crippen LogP) is 2.86. The molecule has 0 aliphatic carbocycles. The SMILES string of the molecule is N#CC1(CNc2cncc(-c3cc(NC(=O)[C@@H]4CCCNC4)ncc3Cl)n2)CCOCC1. The van der Waals surface area contributed by atoms with E-state index in [0.29, 0.717) is 67.1 Å². The molecule has 2 aliphatic heterocycles. The first-order chi connectivity index (χ1) is 15.6. The molecule has 2 aromatic heterocycles. The molecule has 0 radical (unpaired) electrons. The van der Waals surface area contributed by atoms with Crippen molar-refractivity contribution in [2.24, 2.45) is 11.3 Å². The van der Waals surface area contributed by atoms with Gasteiger partial charge in [-0.3, -0.25) is 9.78 Å². The topological polar surface area (TPSA) is 125 Å². The molecule has 1 amide bonds. The first kappa shape index (κ1) is 22.4. The molecule has 9 nitrogen and oxygen atoms in total. The summed E-state index contributed by atoms with van der Waals surface area (Å²) in [6, 6.07) is 4.14. The molecular formula is C22H26ClN7O2. The van der Waals surface area contributed by atoms with Crippen LogP contribution in [0.4, 0.5) is 11.6 Å². The molecule has 32 heavy (non-hydrogen) atoms. The normalized spacial score (nSPS) is 20.2. The van der Waals surface area contributed by atoms with Gasteiger partial charge in [0.15, 0.2) is 0 Å². The van der Waals surface area contributed by atoms with Crippen molar-refractivity contribution in [3.8, 4) is 17.3 Å². The number of nitriles is 1. The number of amides is 1. The van der Waals surface area contributed by atoms with Crippen molar-refractivity contribution in [1.82, 2.24) is 20.3 Å². The maximum Gasteiger partial charge on any atom is 0.229 e. The number of hydrogen-bond donors (Lipinski definition) is 3. The van der Waals surface area contributed by atoms with E-state index < -0.39 is 5.41 Å². The number of carbonyl (C=O) groups is 1. The average Bonchev–Trinajstić information content (AvgIpc) is 2.85. The Kier molecular flexibility index (Phi) is 7.15. The Hall–Kier alpha value is -2.80. The highest BCUT2D eigenvalue weighted by Gasteiger charge is 2.32. The molecule has 3 N–H and O–H groups in total. The summed E-state index contributed by atoms with van der Waals surface area (Å²) >= 11 is 6.38. The molecule has 2 aliphatic rings. The van der Waals surface area contributed by atoms with Crippen molar-refractivity contribution in [2.75, 3.05) is 43.5 Å². The highest BCUT2D eigenvalue weighted by Crippen LogP contribution is 2.31. The number of rotatable bonds is 6. The zero-order chi connectivity index (χ0) is 22.4. The molecule has 1 atom stereocenters. The summed E-state index contributed by atoms with van der Waals surface area (Å²) in [5.41, 5.74) is 0.696. The summed E-state index contributed by atoms with van der Waals surface area (Å²) < 4.78 is 5.39. The van der Waals surface area contributed by atoms with E-state index in [0.717, 1.165) is 19.4 Å². The lowest BCUT2D eigenvalue weighted by Crippen LogP contribution is -2.37. The molecule has 10 heteroatoms. The largest absolute Gasteiger partial charge is 0.381 e. The van der Waals surface area contributed by atoms with Crippen molar-refractivity contribution in [1.29, 1.82) is 5.26 Å². The fourth-order valence-corrected chi connectivity index (χ4v) is 4.14. The quantitative estimate of drug-likeness (QED) is 0.607. The van der Waals surface area contributed by atoms with Crippen molar-refractivity contribution < 1.29 is 9.53 Å². The van der Waals surface area contributed by atoms with E-state index in [1.54, 1.807) is 18.5 Å². The minimum atomic E-state index is -0.477. The van der Waals surface area contributed by atoms with Gasteiger partial charge in [-0.1, -0.05) is 11.6 Å². The first-order valence-corrected chi connectivity index (χ1v) is 11.2. The molecule has 0 bridgehead atoms. The predicted molar refractivity (Wildman–Crippen MR) is 121 cm³/mol. The van der Waals surface area contributed by atoms with Crippen molar-refractivity contribution in [3.05, 3.63) is 29.7 Å². The second-order valence-electron chi connectivity index (χ2n) is 8.23. The average molecular weight is 456 g/mol. The van der Waals surface area contributed by atoms with E-state index >= 15 is 0 Å². The Bertz CT molecular complexity index is 998. The van der Waals surface area contributed by atoms with Gasteiger partial charge in [0.2, 0.25) is 5.91 Å². The first-order valence-electron chi connectivity index (χ1n) is 10.8. The lowest BCUT2D eigenvalue weighted by atomic mass is 9.82. The fourth-order valence-electron chi connectivity index (χ4n) is 3.94. The van der Waals surface area contributed by atoms with Gasteiger partial charge in [0.25, 0.3) is 0 Å². The maximum absolute atomic E-state index is 12.6. The van der Waals surface area contributed by atoms with Crippen LogP contribution in [0.5, 0.6) is 0 Å². The summed E-state index contributed by atoms with van der Waals surface area (Å²) in [6.45, 7) is 3.24. The summed E-state index contributed by atoms with van der Waals surface area (Å²) in [6.07, 6.45) is 7.92. The zero-order valence-electron chi connectivity index (χ0n) is 17.7. The monoisotopic (exact) mass is 455 g/mol. The molecular weight excluding hydrogens is 430 g/mol. The van der Waals surface area contributed by atoms with E-state index in [4.69, 9.17) is 16.3 Å². The smallest absolute Gasteiger partial charge is 0.229 e. The third-order valence-corrected chi connectivity index (χ3v) is 6.28. The summed E-state index contributed by atoms with van der Waals surface area (Å²) in [5, 5.41) is 19.4. The second kappa shape index (κ2) is 10.2. The van der Waals surface area contributed by atoms with Crippen LogP contribution in [0.3, 0.4) is 0 Å². The molecule has 0 spiro atoms. The van der Waals surface area contributed by atoms with Crippen LogP contribution in [0.25, 0.3) is 11.3 Å². The van der Waals surface area contributed by atoms with Crippen molar-refractivity contribution >= 4 is 29.1 Å². The molecule has 0 unspecified atom stereocenters. The Labute approximate surface area is 192 Å². The zero-order valence-corrected chi connectivity index (χ0v) is 18.5. The Morgan fingerprint density at radius 2 is 2.16 bits per heavy atom. The lowest BCUT2D eigenvalue weighted by Gasteiger charge is -2.30. The van der Waals surface area contributed by atoms with Gasteiger partial charge in [-0.05, 0) is 38.3 Å². The van der Waals surface area contributed by atoms with Gasteiger partial charge in [0.1, 0.15) is 11.6 Å². The number of anilines is 2. The molecule has 0 saturated carbocycles. The maximum atomic E-state index is 12.6. The number of carbonyl (C=O) groups excluding carboxylic acids is 1. The fraction of sp³-hybridized carbons (Fsp3) is 0.500. The highest BCUT2D eigenvalue weighted by molar-refractivity contribution is 6.33. The Balaban J connectivity index is 1.48. The lowest BCUT2D eigenvalue weighted by molar-refractivity contribution is -0.120. The van der Waals surface area contributed by atoms with Crippen LogP contribution in [0.15, 0.2) is 24.7 Å². The standard InChI is InChI=1S/C22H26ClN7O2/c23-17-10-27-19(30-21(31)15-2-1-5-25-9-15)8-16(17)18-11-26-12-20(29-18)28-14-22(13-24)3-6-32-7-4-22/h8,10-12,15,25H,1-7,9,14H2,(H,28,29)(H,27,30,31)/t15-/m1/s1. The van der Waals surface area contributed by atoms with Gasteiger partial charge in [-0.15, -0.1) is 0 Å². The van der Waals surface area contributed by atoms with E-state index in [9.17, 15) is 10.1 Å². The molecule has 4 heterocycles. The van der Waals surface area contributed by atoms with E-state index in [1.165, 1.54) is 6.20 Å². The number of piperidine rings is 1. The van der Waals surface area contributed by atoms with Crippen LogP contribution in [-0.4, -0.2) is 53.7 Å². The second-order valence-corrected chi connectivity index (χ2v) is 8.64. The third kappa shape index (κ3) is 5.33. The molecule has 2 saturated heterocycles. The molecule has 4 rings (SSSR count). The van der Waals surface area contributed by atoms with E-state index in [-0.39, 0.29) is 11.8 Å². The minimum Gasteiger partial charge on any atom is -0.381 e. The van der Waals surface area contributed by atoms with Gasteiger partial charge >= 0.3 is 0 Å². The number of ether oxygens (including phenoxy) is 1. The number of halogens is 1. The van der Waals surface area contributed by atoms with Crippen molar-refractivity contribution in [2.45, 2.75) is 25.7 Å². The number of hydrogen-bond acceptors (Lipinski definition) is 8. The van der Waals surface area contributed by atoms with Crippen LogP contribution in [-0.2, 0) is 9.53 Å². The molecule has 2 fully saturated rings. The van der Waals surface area contributed by atoms with Gasteiger partial charge in [0.05, 0.1) is 40.5 Å². The van der Waals surface area contributed by atoms with Gasteiger partial charge in [-0.25, -0.2) is 9.97 Å². The van der Waals surface area contributed by atoms with Gasteiger partial charge < -0.3 is 20.7 Å². The summed E-state index contributed by atoms with van der Waals surface area (Å²) in [4.78, 5) is 25.7. The molecule has 168 valence electrons. The highest BCUT2D eigenvalue weighted by atomic mass is 35.5.